The third-order valence-corrected chi connectivity index (χ3v) is 4.13. The van der Waals surface area contributed by atoms with Crippen molar-refractivity contribution in [1.82, 2.24) is 10.2 Å². The minimum atomic E-state index is -0.184. The molecule has 1 N–H and O–H groups in total. The molecule has 1 aromatic heterocycles. The van der Waals surface area contributed by atoms with E-state index in [4.69, 9.17) is 20.8 Å². The number of hydrogen-bond donors (Lipinski definition) is 1. The molecule has 6 nitrogen and oxygen atoms in total. The van der Waals surface area contributed by atoms with Gasteiger partial charge in [0, 0.05) is 5.69 Å². The van der Waals surface area contributed by atoms with Crippen LogP contribution < -0.4 is 10.1 Å². The Bertz CT molecular complexity index is 651. The Morgan fingerprint density at radius 3 is 2.95 bits per heavy atom. The lowest BCUT2D eigenvalue weighted by Gasteiger charge is -2.07. The Hall–Kier alpha value is -1.38. The molecule has 0 unspecified atom stereocenters. The molecule has 1 aromatic carbocycles. The maximum Gasteiger partial charge on any atom is 0.277 e. The monoisotopic (exact) mass is 359 g/mol. The zero-order valence-electron chi connectivity index (χ0n) is 12.0. The van der Waals surface area contributed by atoms with Crippen LogP contribution in [0.4, 0.5) is 5.69 Å². The van der Waals surface area contributed by atoms with E-state index in [1.54, 1.807) is 30.0 Å². The number of halogens is 1. The number of nitrogens with one attached hydrogen (secondary N) is 1. The van der Waals surface area contributed by atoms with Gasteiger partial charge in [0.05, 0.1) is 23.6 Å². The van der Waals surface area contributed by atoms with Crippen molar-refractivity contribution in [2.75, 3.05) is 24.4 Å². The van der Waals surface area contributed by atoms with Crippen molar-refractivity contribution in [3.05, 3.63) is 29.1 Å². The summed E-state index contributed by atoms with van der Waals surface area (Å²) >= 11 is 8.78. The molecule has 0 aliphatic carbocycles. The van der Waals surface area contributed by atoms with Crippen LogP contribution in [0.5, 0.6) is 5.75 Å². The molecule has 0 fully saturated rings. The second kappa shape index (κ2) is 8.30. The van der Waals surface area contributed by atoms with Crippen LogP contribution in [-0.4, -0.2) is 35.2 Å². The number of aromatic nitrogens is 2. The molecule has 1 heterocycles. The summed E-state index contributed by atoms with van der Waals surface area (Å²) in [6, 6.07) is 5.04. The van der Waals surface area contributed by atoms with Crippen molar-refractivity contribution < 1.29 is 13.9 Å². The smallest absolute Gasteiger partial charge is 0.277 e. The van der Waals surface area contributed by atoms with Crippen molar-refractivity contribution in [3.63, 3.8) is 0 Å². The number of methoxy groups -OCH3 is 1. The van der Waals surface area contributed by atoms with Crippen LogP contribution in [0.3, 0.4) is 0 Å². The second-order valence-electron chi connectivity index (χ2n) is 4.08. The third-order valence-electron chi connectivity index (χ3n) is 2.48. The number of benzene rings is 1. The normalized spacial score (nSPS) is 10.5. The van der Waals surface area contributed by atoms with Gasteiger partial charge >= 0.3 is 0 Å². The molecule has 1 amide bonds. The molecule has 0 saturated carbocycles. The van der Waals surface area contributed by atoms with Crippen LogP contribution >= 0.6 is 35.1 Å². The van der Waals surface area contributed by atoms with E-state index in [9.17, 15) is 4.79 Å². The molecule has 0 aliphatic heterocycles. The fourth-order valence-electron chi connectivity index (χ4n) is 1.55. The Morgan fingerprint density at radius 1 is 1.45 bits per heavy atom. The van der Waals surface area contributed by atoms with Gasteiger partial charge in [-0.1, -0.05) is 23.4 Å². The topological polar surface area (TPSA) is 77.2 Å². The first-order valence-electron chi connectivity index (χ1n) is 6.20. The van der Waals surface area contributed by atoms with Crippen molar-refractivity contribution in [2.45, 2.75) is 11.0 Å². The Balaban J connectivity index is 1.85. The van der Waals surface area contributed by atoms with E-state index < -0.39 is 0 Å². The van der Waals surface area contributed by atoms with Gasteiger partial charge in [0.2, 0.25) is 11.8 Å². The summed E-state index contributed by atoms with van der Waals surface area (Å²) in [6.07, 6.45) is 1.95. The molecule has 0 spiro atoms. The van der Waals surface area contributed by atoms with Gasteiger partial charge in [-0.15, -0.1) is 10.2 Å². The molecule has 0 radical (unpaired) electrons. The standard InChI is InChI=1S/C13H14ClN3O3S2/c1-19-10-4-3-8(5-9(10)14)15-11(18)6-22-13-17-16-12(20-13)7-21-2/h3-5H,6-7H2,1-2H3,(H,15,18). The van der Waals surface area contributed by atoms with E-state index in [0.29, 0.717) is 33.3 Å². The predicted octanol–water partition coefficient (Wildman–Crippen LogP) is 3.33. The number of nitrogens with zero attached hydrogens (tertiary/aromatic N) is 2. The number of carbonyl (C=O) groups is 1. The zero-order chi connectivity index (χ0) is 15.9. The van der Waals surface area contributed by atoms with Gasteiger partial charge in [0.25, 0.3) is 5.22 Å². The molecular weight excluding hydrogens is 346 g/mol. The molecule has 0 bridgehead atoms. The summed E-state index contributed by atoms with van der Waals surface area (Å²) in [5, 5.41) is 11.3. The van der Waals surface area contributed by atoms with Crippen LogP contribution in [0.15, 0.2) is 27.8 Å². The lowest BCUT2D eigenvalue weighted by atomic mass is 10.3. The lowest BCUT2D eigenvalue weighted by molar-refractivity contribution is -0.113. The Kier molecular flexibility index (Phi) is 6.41. The number of carbonyl (C=O) groups excluding carboxylic acids is 1. The molecule has 2 rings (SSSR count). The van der Waals surface area contributed by atoms with Crippen molar-refractivity contribution in [2.24, 2.45) is 0 Å². The van der Waals surface area contributed by atoms with Crippen molar-refractivity contribution >= 4 is 46.7 Å². The average Bonchev–Trinajstić information content (AvgIpc) is 2.93. The molecule has 9 heteroatoms. The first-order valence-corrected chi connectivity index (χ1v) is 8.95. The summed E-state index contributed by atoms with van der Waals surface area (Å²) in [5.74, 6) is 1.75. The minimum Gasteiger partial charge on any atom is -0.495 e. The number of hydrogen-bond acceptors (Lipinski definition) is 7. The SMILES string of the molecule is COc1ccc(NC(=O)CSc2nnc(CSC)o2)cc1Cl. The highest BCUT2D eigenvalue weighted by Gasteiger charge is 2.10. The third kappa shape index (κ3) is 4.82. The van der Waals surface area contributed by atoms with Gasteiger partial charge in [-0.25, -0.2) is 0 Å². The highest BCUT2D eigenvalue weighted by molar-refractivity contribution is 7.99. The van der Waals surface area contributed by atoms with E-state index >= 15 is 0 Å². The number of ether oxygens (including phenoxy) is 1. The van der Waals surface area contributed by atoms with Gasteiger partial charge in [0.1, 0.15) is 5.75 Å². The number of anilines is 1. The van der Waals surface area contributed by atoms with Crippen LogP contribution in [0, 0.1) is 0 Å². The highest BCUT2D eigenvalue weighted by Crippen LogP contribution is 2.27. The molecule has 2 aromatic rings. The predicted molar refractivity (Wildman–Crippen MR) is 88.9 cm³/mol. The summed E-state index contributed by atoms with van der Waals surface area (Å²) in [6.45, 7) is 0. The van der Waals surface area contributed by atoms with E-state index in [-0.39, 0.29) is 11.7 Å². The van der Waals surface area contributed by atoms with Crippen molar-refractivity contribution in [1.29, 1.82) is 0 Å². The first-order chi connectivity index (χ1) is 10.6. The molecule has 0 saturated heterocycles. The van der Waals surface area contributed by atoms with Crippen LogP contribution in [0.1, 0.15) is 5.89 Å². The lowest BCUT2D eigenvalue weighted by Crippen LogP contribution is -2.14. The van der Waals surface area contributed by atoms with Gasteiger partial charge in [0.15, 0.2) is 0 Å². The highest BCUT2D eigenvalue weighted by atomic mass is 35.5. The summed E-state index contributed by atoms with van der Waals surface area (Å²) in [7, 11) is 1.53. The molecule has 118 valence electrons. The molecule has 0 atom stereocenters. The molecular formula is C13H14ClN3O3S2. The number of amides is 1. The van der Waals surface area contributed by atoms with Crippen LogP contribution in [0.25, 0.3) is 0 Å². The Morgan fingerprint density at radius 2 is 2.27 bits per heavy atom. The van der Waals surface area contributed by atoms with E-state index in [0.717, 1.165) is 0 Å². The minimum absolute atomic E-state index is 0.171. The summed E-state index contributed by atoms with van der Waals surface area (Å²) in [4.78, 5) is 11.9. The van der Waals surface area contributed by atoms with Gasteiger partial charge in [-0.2, -0.15) is 11.8 Å². The van der Waals surface area contributed by atoms with Crippen LogP contribution in [-0.2, 0) is 10.5 Å². The average molecular weight is 360 g/mol. The number of rotatable bonds is 7. The maximum absolute atomic E-state index is 11.9. The van der Waals surface area contributed by atoms with Crippen molar-refractivity contribution in [3.8, 4) is 5.75 Å². The second-order valence-corrected chi connectivity index (χ2v) is 6.28. The largest absolute Gasteiger partial charge is 0.495 e. The zero-order valence-corrected chi connectivity index (χ0v) is 14.3. The van der Waals surface area contributed by atoms with Gasteiger partial charge < -0.3 is 14.5 Å². The van der Waals surface area contributed by atoms with E-state index in [1.807, 2.05) is 6.26 Å². The van der Waals surface area contributed by atoms with Gasteiger partial charge in [-0.3, -0.25) is 4.79 Å². The fourth-order valence-corrected chi connectivity index (χ4v) is 2.75. The maximum atomic E-state index is 11.9. The summed E-state index contributed by atoms with van der Waals surface area (Å²) in [5.41, 5.74) is 0.602. The Labute approximate surface area is 141 Å². The van der Waals surface area contributed by atoms with E-state index in [2.05, 4.69) is 15.5 Å². The number of thioether (sulfide) groups is 2. The fraction of sp³-hybridized carbons (Fsp3) is 0.308. The molecule has 0 aliphatic rings. The summed E-state index contributed by atoms with van der Waals surface area (Å²) < 4.78 is 10.4. The quantitative estimate of drug-likeness (QED) is 0.759. The molecule has 22 heavy (non-hydrogen) atoms. The first kappa shape index (κ1) is 17.0. The van der Waals surface area contributed by atoms with Crippen LogP contribution in [0.2, 0.25) is 5.02 Å². The van der Waals surface area contributed by atoms with E-state index in [1.165, 1.54) is 18.9 Å². The van der Waals surface area contributed by atoms with Gasteiger partial charge in [-0.05, 0) is 24.5 Å².